The van der Waals surface area contributed by atoms with Crippen molar-refractivity contribution in [3.8, 4) is 0 Å². The van der Waals surface area contributed by atoms with Crippen molar-refractivity contribution in [3.05, 3.63) is 121 Å². The van der Waals surface area contributed by atoms with Crippen LogP contribution < -0.4 is 10.6 Å². The highest BCUT2D eigenvalue weighted by atomic mass is 35.5. The van der Waals surface area contributed by atoms with Crippen LogP contribution in [0.5, 0.6) is 0 Å². The summed E-state index contributed by atoms with van der Waals surface area (Å²) in [6, 6.07) is 20.6. The maximum Gasteiger partial charge on any atom is 0.337 e. The van der Waals surface area contributed by atoms with Crippen LogP contribution in [0.25, 0.3) is 16.3 Å². The number of thioether (sulfide) groups is 1. The molecule has 234 valence electrons. The molecular formula is C31H17Cl2N5O6S3. The molecule has 11 nitrogen and oxygen atoms in total. The molecule has 1 aliphatic heterocycles. The van der Waals surface area contributed by atoms with E-state index in [1.165, 1.54) is 41.7 Å². The van der Waals surface area contributed by atoms with E-state index in [-0.39, 0.29) is 37.9 Å². The zero-order valence-electron chi connectivity index (χ0n) is 23.4. The summed E-state index contributed by atoms with van der Waals surface area (Å²) in [7, 11) is 0. The summed E-state index contributed by atoms with van der Waals surface area (Å²) >= 11 is 15.3. The van der Waals surface area contributed by atoms with Crippen LogP contribution in [0, 0.1) is 10.1 Å². The minimum atomic E-state index is -1.21. The molecule has 0 spiro atoms. The number of anilines is 1. The average molecular weight is 723 g/mol. The molecule has 0 atom stereocenters. The second-order valence-electron chi connectivity index (χ2n) is 9.66. The Morgan fingerprint density at radius 2 is 1.83 bits per heavy atom. The van der Waals surface area contributed by atoms with E-state index < -0.39 is 16.8 Å². The van der Waals surface area contributed by atoms with Gasteiger partial charge in [-0.05, 0) is 90.1 Å². The van der Waals surface area contributed by atoms with Crippen molar-refractivity contribution in [1.29, 1.82) is 0 Å². The number of nitrogens with one attached hydrogen (secondary N) is 2. The number of hydrogen-bond donors (Lipinski definition) is 3. The Morgan fingerprint density at radius 1 is 1.04 bits per heavy atom. The van der Waals surface area contributed by atoms with E-state index in [2.05, 4.69) is 20.6 Å². The molecule has 4 aromatic carbocycles. The molecule has 0 aliphatic carbocycles. The Balaban J connectivity index is 1.19. The number of amides is 2. The minimum absolute atomic E-state index is 0.0572. The summed E-state index contributed by atoms with van der Waals surface area (Å²) in [5, 5.41) is 27.6. The molecule has 6 rings (SSSR count). The maximum absolute atomic E-state index is 12.6. The van der Waals surface area contributed by atoms with Crippen LogP contribution in [-0.4, -0.2) is 38.0 Å². The lowest BCUT2D eigenvalue weighted by atomic mass is 10.2. The van der Waals surface area contributed by atoms with E-state index in [1.54, 1.807) is 54.6 Å². The fourth-order valence-electron chi connectivity index (χ4n) is 4.27. The van der Waals surface area contributed by atoms with E-state index >= 15 is 0 Å². The molecule has 2 amide bonds. The minimum Gasteiger partial charge on any atom is -0.478 e. The Hall–Kier alpha value is -4.73. The number of amidine groups is 1. The first-order valence-electron chi connectivity index (χ1n) is 13.3. The number of carbonyl (C=O) groups is 3. The van der Waals surface area contributed by atoms with E-state index in [0.717, 1.165) is 28.2 Å². The summed E-state index contributed by atoms with van der Waals surface area (Å²) < 4.78 is 1.35. The number of aliphatic imine (C=N–C) groups is 1. The van der Waals surface area contributed by atoms with Crippen molar-refractivity contribution in [2.45, 2.75) is 9.24 Å². The Morgan fingerprint density at radius 3 is 2.57 bits per heavy atom. The molecular weight excluding hydrogens is 705 g/mol. The van der Waals surface area contributed by atoms with Gasteiger partial charge in [0.25, 0.3) is 17.5 Å². The van der Waals surface area contributed by atoms with Gasteiger partial charge in [-0.3, -0.25) is 19.7 Å². The van der Waals surface area contributed by atoms with Gasteiger partial charge in [-0.15, -0.1) is 11.3 Å². The highest BCUT2D eigenvalue weighted by molar-refractivity contribution is 8.18. The number of nitrogens with zero attached hydrogens (tertiary/aromatic N) is 3. The van der Waals surface area contributed by atoms with E-state index in [0.29, 0.717) is 36.6 Å². The van der Waals surface area contributed by atoms with Gasteiger partial charge in [0.15, 0.2) is 9.51 Å². The second-order valence-corrected chi connectivity index (χ2v) is 13.9. The number of halogens is 2. The van der Waals surface area contributed by atoms with E-state index in [9.17, 15) is 29.6 Å². The third-order valence-electron chi connectivity index (χ3n) is 6.47. The van der Waals surface area contributed by atoms with E-state index in [1.807, 2.05) is 0 Å². The summed E-state index contributed by atoms with van der Waals surface area (Å²) in [5.74, 6) is -1.96. The van der Waals surface area contributed by atoms with Crippen LogP contribution in [-0.2, 0) is 4.79 Å². The predicted octanol–water partition coefficient (Wildman–Crippen LogP) is 8.50. The molecule has 0 unspecified atom stereocenters. The average Bonchev–Trinajstić information content (AvgIpc) is 3.59. The Kier molecular flexibility index (Phi) is 9.29. The van der Waals surface area contributed by atoms with Crippen LogP contribution in [0.3, 0.4) is 0 Å². The molecule has 1 fully saturated rings. The second kappa shape index (κ2) is 13.6. The fraction of sp³-hybridized carbons (Fsp3) is 0. The van der Waals surface area contributed by atoms with Gasteiger partial charge in [0, 0.05) is 22.3 Å². The van der Waals surface area contributed by atoms with Crippen molar-refractivity contribution in [2.75, 3.05) is 5.32 Å². The molecule has 2 heterocycles. The third kappa shape index (κ3) is 7.48. The maximum atomic E-state index is 12.6. The first-order valence-corrected chi connectivity index (χ1v) is 16.5. The number of thiazole rings is 1. The van der Waals surface area contributed by atoms with Gasteiger partial charge in [0.05, 0.1) is 41.2 Å². The number of nitro benzene ring substituents is 1. The van der Waals surface area contributed by atoms with Gasteiger partial charge in [0.1, 0.15) is 0 Å². The molecule has 0 saturated carbocycles. The zero-order valence-corrected chi connectivity index (χ0v) is 27.4. The molecule has 47 heavy (non-hydrogen) atoms. The number of carboxylic acids is 1. The van der Waals surface area contributed by atoms with Crippen molar-refractivity contribution < 1.29 is 24.4 Å². The molecule has 16 heteroatoms. The predicted molar refractivity (Wildman–Crippen MR) is 185 cm³/mol. The van der Waals surface area contributed by atoms with Crippen LogP contribution >= 0.6 is 58.1 Å². The SMILES string of the molecule is O=C1NC(=Nc2ccc(Cl)c(C(=O)O)c2)S/C1=C\c1ccc(Sc2nc3ccc(NC(=O)c4ccc(Cl)cc4)cc3s2)c([N+](=O)[O-])c1. The number of aromatic carboxylic acids is 1. The lowest BCUT2D eigenvalue weighted by molar-refractivity contribution is -0.387. The molecule has 5 aromatic rings. The molecule has 1 saturated heterocycles. The number of fused-ring (bicyclic) bond motifs is 1. The lowest BCUT2D eigenvalue weighted by Gasteiger charge is -2.05. The van der Waals surface area contributed by atoms with Crippen molar-refractivity contribution in [1.82, 2.24) is 10.3 Å². The quantitative estimate of drug-likeness (QED) is 0.0809. The van der Waals surface area contributed by atoms with Gasteiger partial charge < -0.3 is 15.7 Å². The van der Waals surface area contributed by atoms with Gasteiger partial charge in [0.2, 0.25) is 0 Å². The smallest absolute Gasteiger partial charge is 0.337 e. The number of aromatic nitrogens is 1. The third-order valence-corrected chi connectivity index (χ3v) is 10.1. The van der Waals surface area contributed by atoms with Gasteiger partial charge in [-0.2, -0.15) is 0 Å². The standard InChI is InChI=1S/C31H17Cl2N5O6S3/c32-17-4-2-16(3-5-17)27(39)34-19-7-9-22-25(14-19)47-31(36-22)46-24-10-1-15(11-23(24)38(43)44)12-26-28(40)37-30(45-26)35-18-6-8-21(33)20(13-18)29(41)42/h1-14H,(H,34,39)(H,41,42)(H,35,37,40)/b26-12-. The van der Waals surface area contributed by atoms with Crippen LogP contribution in [0.15, 0.2) is 98.0 Å². The first kappa shape index (κ1) is 32.2. The molecule has 0 bridgehead atoms. The number of hydrogen-bond acceptors (Lipinski definition) is 10. The molecule has 3 N–H and O–H groups in total. The topological polar surface area (TPSA) is 164 Å². The zero-order chi connectivity index (χ0) is 33.2. The highest BCUT2D eigenvalue weighted by Gasteiger charge is 2.25. The largest absolute Gasteiger partial charge is 0.478 e. The lowest BCUT2D eigenvalue weighted by Crippen LogP contribution is -2.19. The number of benzene rings is 4. The van der Waals surface area contributed by atoms with Crippen molar-refractivity contribution in [3.63, 3.8) is 0 Å². The number of carbonyl (C=O) groups excluding carboxylic acids is 2. The Bertz CT molecular complexity index is 2190. The first-order chi connectivity index (χ1) is 22.5. The highest BCUT2D eigenvalue weighted by Crippen LogP contribution is 2.40. The van der Waals surface area contributed by atoms with Gasteiger partial charge >= 0.3 is 5.97 Å². The molecule has 1 aliphatic rings. The normalized spacial score (nSPS) is 14.5. The van der Waals surface area contributed by atoms with Crippen LogP contribution in [0.1, 0.15) is 26.3 Å². The number of rotatable bonds is 8. The number of carboxylic acid groups (broad SMARTS) is 1. The van der Waals surface area contributed by atoms with Crippen molar-refractivity contribution >= 4 is 114 Å². The summed E-state index contributed by atoms with van der Waals surface area (Å²) in [5.41, 5.74) is 2.10. The fourth-order valence-corrected chi connectivity index (χ4v) is 7.59. The molecule has 0 radical (unpaired) electrons. The molecule has 1 aromatic heterocycles. The Labute approximate surface area is 287 Å². The summed E-state index contributed by atoms with van der Waals surface area (Å²) in [4.78, 5) is 57.6. The monoisotopic (exact) mass is 721 g/mol. The van der Waals surface area contributed by atoms with Crippen molar-refractivity contribution in [2.24, 2.45) is 4.99 Å². The van der Waals surface area contributed by atoms with Crippen LogP contribution in [0.2, 0.25) is 10.0 Å². The van der Waals surface area contributed by atoms with E-state index in [4.69, 9.17) is 23.2 Å². The summed E-state index contributed by atoms with van der Waals surface area (Å²) in [6.45, 7) is 0. The van der Waals surface area contributed by atoms with Gasteiger partial charge in [-0.25, -0.2) is 14.8 Å². The number of nitro groups is 1. The summed E-state index contributed by atoms with van der Waals surface area (Å²) in [6.07, 6.45) is 1.51. The van der Waals surface area contributed by atoms with Crippen LogP contribution in [0.4, 0.5) is 17.1 Å². The van der Waals surface area contributed by atoms with Gasteiger partial charge in [-0.1, -0.05) is 41.0 Å².